The number of nitrogens with zero attached hydrogens (tertiary/aromatic N) is 3. The van der Waals surface area contributed by atoms with Crippen molar-refractivity contribution in [1.29, 1.82) is 0 Å². The van der Waals surface area contributed by atoms with Crippen LogP contribution in [0.25, 0.3) is 0 Å². The monoisotopic (exact) mass is 379 g/mol. The summed E-state index contributed by atoms with van der Waals surface area (Å²) in [4.78, 5) is 13.5. The first-order valence-corrected chi connectivity index (χ1v) is 7.83. The number of amides is 1. The van der Waals surface area contributed by atoms with Crippen LogP contribution in [0.3, 0.4) is 0 Å². The van der Waals surface area contributed by atoms with Gasteiger partial charge in [-0.05, 0) is 36.5 Å². The third-order valence-electron chi connectivity index (χ3n) is 3.37. The quantitative estimate of drug-likeness (QED) is 0.732. The molecule has 1 fully saturated rings. The van der Waals surface area contributed by atoms with Gasteiger partial charge in [0.15, 0.2) is 5.69 Å². The van der Waals surface area contributed by atoms with Crippen molar-refractivity contribution in [3.05, 3.63) is 34.8 Å². The molecular weight excluding hydrogens is 369 g/mol. The zero-order valence-corrected chi connectivity index (χ0v) is 13.2. The Morgan fingerprint density at radius 2 is 2.04 bits per heavy atom. The Morgan fingerprint density at radius 1 is 1.32 bits per heavy atom. The van der Waals surface area contributed by atoms with Crippen LogP contribution >= 0.6 is 11.5 Å². The summed E-state index contributed by atoms with van der Waals surface area (Å²) >= 11 is 0.525. The second-order valence-corrected chi connectivity index (χ2v) is 5.99. The minimum atomic E-state index is -4.88. The molecule has 0 atom stereocenters. The van der Waals surface area contributed by atoms with Gasteiger partial charge in [-0.3, -0.25) is 4.79 Å². The maximum atomic E-state index is 12.9. The van der Waals surface area contributed by atoms with E-state index in [4.69, 9.17) is 0 Å². The molecule has 0 N–H and O–H groups in total. The fraction of sp³-hybridized carbons (Fsp3) is 0.357. The third-order valence-corrected chi connectivity index (χ3v) is 4.10. The number of halogens is 5. The van der Waals surface area contributed by atoms with Gasteiger partial charge in [0.1, 0.15) is 10.6 Å². The van der Waals surface area contributed by atoms with E-state index < -0.39 is 30.1 Å². The zero-order chi connectivity index (χ0) is 18.2. The number of benzene rings is 1. The molecule has 25 heavy (non-hydrogen) atoms. The highest BCUT2D eigenvalue weighted by molar-refractivity contribution is 7.08. The zero-order valence-electron chi connectivity index (χ0n) is 12.3. The Labute approximate surface area is 142 Å². The number of anilines is 1. The summed E-state index contributed by atoms with van der Waals surface area (Å²) in [7, 11) is 0. The molecular formula is C14H10F5N3O2S. The van der Waals surface area contributed by atoms with Crippen LogP contribution in [0.2, 0.25) is 0 Å². The summed E-state index contributed by atoms with van der Waals surface area (Å²) in [6, 6.07) is 4.56. The Kier molecular flexibility index (Phi) is 4.58. The van der Waals surface area contributed by atoms with Crippen LogP contribution in [0.5, 0.6) is 5.75 Å². The predicted molar refractivity (Wildman–Crippen MR) is 77.8 cm³/mol. The van der Waals surface area contributed by atoms with E-state index in [-0.39, 0.29) is 16.6 Å². The lowest BCUT2D eigenvalue weighted by Gasteiger charge is -2.22. The first-order valence-electron chi connectivity index (χ1n) is 7.06. The number of rotatable bonds is 5. The average Bonchev–Trinajstić information content (AvgIpc) is 3.20. The summed E-state index contributed by atoms with van der Waals surface area (Å²) < 4.78 is 70.2. The molecule has 1 aliphatic carbocycles. The lowest BCUT2D eigenvalue weighted by atomic mass is 10.2. The van der Waals surface area contributed by atoms with Crippen LogP contribution in [-0.2, 0) is 0 Å². The van der Waals surface area contributed by atoms with E-state index in [1.807, 2.05) is 0 Å². The van der Waals surface area contributed by atoms with Crippen LogP contribution in [0.4, 0.5) is 27.6 Å². The minimum Gasteiger partial charge on any atom is -0.406 e. The van der Waals surface area contributed by atoms with Gasteiger partial charge in [0.05, 0.1) is 0 Å². The standard InChI is InChI=1S/C14H10F5N3O2S/c15-12(16)10-11(25-21-20-10)13(23)22(7-4-5-7)8-2-1-3-9(6-8)24-14(17,18)19/h1-3,6-7,12H,4-5H2. The van der Waals surface area contributed by atoms with Crippen molar-refractivity contribution in [2.75, 3.05) is 4.90 Å². The number of carbonyl (C=O) groups is 1. The Bertz CT molecular complexity index is 776. The molecule has 3 rings (SSSR count). The fourth-order valence-corrected chi connectivity index (χ4v) is 2.87. The molecule has 0 bridgehead atoms. The number of aromatic nitrogens is 2. The van der Waals surface area contributed by atoms with Gasteiger partial charge in [-0.15, -0.1) is 18.3 Å². The van der Waals surface area contributed by atoms with Crippen molar-refractivity contribution in [3.63, 3.8) is 0 Å². The molecule has 1 amide bonds. The number of ether oxygens (including phenoxy) is 1. The molecule has 2 aromatic rings. The fourth-order valence-electron chi connectivity index (χ4n) is 2.26. The van der Waals surface area contributed by atoms with Gasteiger partial charge < -0.3 is 9.64 Å². The first-order chi connectivity index (χ1) is 11.8. The maximum Gasteiger partial charge on any atom is 0.573 e. The molecule has 1 heterocycles. The molecule has 1 saturated carbocycles. The van der Waals surface area contributed by atoms with Crippen molar-refractivity contribution in [2.24, 2.45) is 0 Å². The molecule has 0 saturated heterocycles. The Morgan fingerprint density at radius 3 is 2.64 bits per heavy atom. The summed E-state index contributed by atoms with van der Waals surface area (Å²) in [6.45, 7) is 0. The van der Waals surface area contributed by atoms with Crippen LogP contribution in [0, 0.1) is 0 Å². The van der Waals surface area contributed by atoms with E-state index >= 15 is 0 Å². The smallest absolute Gasteiger partial charge is 0.406 e. The van der Waals surface area contributed by atoms with E-state index in [2.05, 4.69) is 14.3 Å². The van der Waals surface area contributed by atoms with Crippen molar-refractivity contribution >= 4 is 23.1 Å². The average molecular weight is 379 g/mol. The van der Waals surface area contributed by atoms with E-state index in [9.17, 15) is 26.7 Å². The SMILES string of the molecule is O=C(c1snnc1C(F)F)N(c1cccc(OC(F)(F)F)c1)C1CC1. The number of hydrogen-bond acceptors (Lipinski definition) is 5. The Hall–Kier alpha value is -2.30. The summed E-state index contributed by atoms with van der Waals surface area (Å²) in [5.74, 6) is -1.27. The van der Waals surface area contributed by atoms with E-state index in [0.29, 0.717) is 24.4 Å². The van der Waals surface area contributed by atoms with Crippen LogP contribution in [0.1, 0.15) is 34.6 Å². The highest BCUT2D eigenvalue weighted by atomic mass is 32.1. The van der Waals surface area contributed by atoms with Crippen LogP contribution < -0.4 is 9.64 Å². The number of hydrogen-bond donors (Lipinski definition) is 0. The third kappa shape index (κ3) is 4.03. The summed E-state index contributed by atoms with van der Waals surface area (Å²) in [5, 5.41) is 3.26. The molecule has 0 aliphatic heterocycles. The number of carbonyl (C=O) groups excluding carboxylic acids is 1. The molecule has 1 aromatic heterocycles. The van der Waals surface area contributed by atoms with Crippen molar-refractivity contribution < 1.29 is 31.5 Å². The Balaban J connectivity index is 1.93. The van der Waals surface area contributed by atoms with E-state index in [1.54, 1.807) is 0 Å². The maximum absolute atomic E-state index is 12.9. The highest BCUT2D eigenvalue weighted by Gasteiger charge is 2.38. The predicted octanol–water partition coefficient (Wildman–Crippen LogP) is 4.18. The highest BCUT2D eigenvalue weighted by Crippen LogP contribution is 2.37. The second kappa shape index (κ2) is 6.54. The molecule has 5 nitrogen and oxygen atoms in total. The lowest BCUT2D eigenvalue weighted by molar-refractivity contribution is -0.274. The van der Waals surface area contributed by atoms with Crippen molar-refractivity contribution in [1.82, 2.24) is 9.59 Å². The van der Waals surface area contributed by atoms with Gasteiger partial charge in [0, 0.05) is 17.8 Å². The largest absolute Gasteiger partial charge is 0.573 e. The van der Waals surface area contributed by atoms with Gasteiger partial charge in [-0.1, -0.05) is 10.6 Å². The van der Waals surface area contributed by atoms with Gasteiger partial charge in [-0.2, -0.15) is 0 Å². The van der Waals surface area contributed by atoms with Gasteiger partial charge >= 0.3 is 6.36 Å². The van der Waals surface area contributed by atoms with Gasteiger partial charge in [-0.25, -0.2) is 8.78 Å². The normalized spacial score (nSPS) is 14.6. The molecule has 0 unspecified atom stereocenters. The first kappa shape index (κ1) is 17.5. The van der Waals surface area contributed by atoms with Crippen LogP contribution in [-0.4, -0.2) is 27.9 Å². The molecule has 1 aliphatic rings. The molecule has 1 aromatic carbocycles. The van der Waals surface area contributed by atoms with E-state index in [1.165, 1.54) is 17.0 Å². The molecule has 0 radical (unpaired) electrons. The number of alkyl halides is 5. The molecule has 134 valence electrons. The van der Waals surface area contributed by atoms with Crippen molar-refractivity contribution in [2.45, 2.75) is 31.7 Å². The van der Waals surface area contributed by atoms with Gasteiger partial charge in [0.25, 0.3) is 12.3 Å². The van der Waals surface area contributed by atoms with Crippen LogP contribution in [0.15, 0.2) is 24.3 Å². The molecule has 11 heteroatoms. The summed E-state index contributed by atoms with van der Waals surface area (Å²) in [5.41, 5.74) is -0.605. The second-order valence-electron chi connectivity index (χ2n) is 5.24. The van der Waals surface area contributed by atoms with Gasteiger partial charge in [0.2, 0.25) is 0 Å². The minimum absolute atomic E-state index is 0.128. The topological polar surface area (TPSA) is 55.3 Å². The molecule has 0 spiro atoms. The lowest BCUT2D eigenvalue weighted by Crippen LogP contribution is -2.33. The van der Waals surface area contributed by atoms with Crippen molar-refractivity contribution in [3.8, 4) is 5.75 Å². The van der Waals surface area contributed by atoms with E-state index in [0.717, 1.165) is 12.1 Å². The summed E-state index contributed by atoms with van der Waals surface area (Å²) in [6.07, 6.45) is -6.62.